The van der Waals surface area contributed by atoms with Gasteiger partial charge in [-0.25, -0.2) is 0 Å². The molecule has 0 bridgehead atoms. The predicted octanol–water partition coefficient (Wildman–Crippen LogP) is 1.23. The number of aromatic nitrogens is 1. The van der Waals surface area contributed by atoms with Crippen LogP contribution in [-0.2, 0) is 0 Å². The number of hydrogen-bond acceptors (Lipinski definition) is 2. The molecule has 0 aliphatic rings. The molecule has 0 unspecified atom stereocenters. The number of fused-ring (bicyclic) bond motifs is 1. The summed E-state index contributed by atoms with van der Waals surface area (Å²) in [6.45, 7) is 0. The van der Waals surface area contributed by atoms with Crippen LogP contribution in [0.3, 0.4) is 0 Å². The number of amides is 1. The molecular weight excluding hydrogens is 204 g/mol. The van der Waals surface area contributed by atoms with Crippen molar-refractivity contribution in [2.75, 3.05) is 14.1 Å². The van der Waals surface area contributed by atoms with E-state index in [2.05, 4.69) is 4.98 Å². The molecule has 1 N–H and O–H groups in total. The molecule has 1 aromatic carbocycles. The molecule has 2 aromatic rings. The van der Waals surface area contributed by atoms with Gasteiger partial charge in [0, 0.05) is 37.3 Å². The van der Waals surface area contributed by atoms with Gasteiger partial charge in [0.15, 0.2) is 0 Å². The van der Waals surface area contributed by atoms with E-state index in [4.69, 9.17) is 0 Å². The van der Waals surface area contributed by atoms with E-state index in [1.165, 1.54) is 11.0 Å². The Morgan fingerprint density at radius 2 is 2.06 bits per heavy atom. The number of aromatic amines is 1. The molecule has 16 heavy (non-hydrogen) atoms. The molecular formula is C12H12N2O2. The third kappa shape index (κ3) is 1.69. The zero-order chi connectivity index (χ0) is 11.7. The lowest BCUT2D eigenvalue weighted by Crippen LogP contribution is -2.22. The predicted molar refractivity (Wildman–Crippen MR) is 62.6 cm³/mol. The second kappa shape index (κ2) is 3.81. The Labute approximate surface area is 92.5 Å². The van der Waals surface area contributed by atoms with E-state index in [1.807, 2.05) is 6.07 Å². The summed E-state index contributed by atoms with van der Waals surface area (Å²) in [5, 5.41) is 1.54. The van der Waals surface area contributed by atoms with Crippen molar-refractivity contribution in [3.8, 4) is 0 Å². The number of hydrogen-bond donors (Lipinski definition) is 1. The van der Waals surface area contributed by atoms with Crippen LogP contribution in [0.4, 0.5) is 0 Å². The van der Waals surface area contributed by atoms with E-state index in [9.17, 15) is 9.59 Å². The van der Waals surface area contributed by atoms with Crippen LogP contribution in [0.1, 0.15) is 10.4 Å². The Kier molecular flexibility index (Phi) is 2.48. The lowest BCUT2D eigenvalue weighted by atomic mass is 10.1. The van der Waals surface area contributed by atoms with Gasteiger partial charge in [-0.3, -0.25) is 9.59 Å². The molecule has 1 heterocycles. The molecule has 1 aromatic heterocycles. The van der Waals surface area contributed by atoms with Crippen molar-refractivity contribution in [3.63, 3.8) is 0 Å². The van der Waals surface area contributed by atoms with Crippen LogP contribution in [0.25, 0.3) is 10.8 Å². The summed E-state index contributed by atoms with van der Waals surface area (Å²) in [6, 6.07) is 6.83. The molecule has 0 atom stereocenters. The van der Waals surface area contributed by atoms with Crippen LogP contribution in [0.2, 0.25) is 0 Å². The van der Waals surface area contributed by atoms with Gasteiger partial charge in [0.25, 0.3) is 5.91 Å². The minimum atomic E-state index is -0.165. The summed E-state index contributed by atoms with van der Waals surface area (Å²) < 4.78 is 0. The van der Waals surface area contributed by atoms with Gasteiger partial charge in [0.05, 0.1) is 0 Å². The summed E-state index contributed by atoms with van der Waals surface area (Å²) in [5.74, 6) is -0.0716. The van der Waals surface area contributed by atoms with E-state index in [-0.39, 0.29) is 11.5 Å². The fourth-order valence-electron chi connectivity index (χ4n) is 1.62. The first-order chi connectivity index (χ1) is 7.59. The van der Waals surface area contributed by atoms with Crippen molar-refractivity contribution in [2.24, 2.45) is 0 Å². The number of pyridine rings is 1. The molecule has 0 fully saturated rings. The summed E-state index contributed by atoms with van der Waals surface area (Å²) in [5.41, 5.74) is 0.431. The average molecular weight is 216 g/mol. The van der Waals surface area contributed by atoms with Gasteiger partial charge in [0.2, 0.25) is 5.56 Å². The SMILES string of the molecule is CN(C)C(=O)c1cccc2cc(=O)[nH]cc12. The molecule has 0 aliphatic carbocycles. The maximum absolute atomic E-state index is 11.9. The molecule has 1 amide bonds. The highest BCUT2D eigenvalue weighted by Crippen LogP contribution is 2.17. The van der Waals surface area contributed by atoms with E-state index >= 15 is 0 Å². The maximum atomic E-state index is 11.9. The second-order valence-electron chi connectivity index (χ2n) is 3.81. The number of benzene rings is 1. The minimum absolute atomic E-state index is 0.0716. The van der Waals surface area contributed by atoms with Crippen LogP contribution in [0.5, 0.6) is 0 Å². The maximum Gasteiger partial charge on any atom is 0.254 e. The highest BCUT2D eigenvalue weighted by atomic mass is 16.2. The average Bonchev–Trinajstić information content (AvgIpc) is 2.26. The molecule has 4 heteroatoms. The zero-order valence-electron chi connectivity index (χ0n) is 9.15. The smallest absolute Gasteiger partial charge is 0.254 e. The monoisotopic (exact) mass is 216 g/mol. The van der Waals surface area contributed by atoms with Gasteiger partial charge in [-0.1, -0.05) is 12.1 Å². The fraction of sp³-hybridized carbons (Fsp3) is 0.167. The molecule has 0 spiro atoms. The van der Waals surface area contributed by atoms with Crippen LogP contribution in [0.15, 0.2) is 35.3 Å². The van der Waals surface area contributed by atoms with E-state index in [0.717, 1.165) is 10.8 Å². The van der Waals surface area contributed by atoms with Gasteiger partial charge in [-0.15, -0.1) is 0 Å². The van der Waals surface area contributed by atoms with Crippen LogP contribution in [0, 0.1) is 0 Å². The first-order valence-corrected chi connectivity index (χ1v) is 4.92. The Bertz CT molecular complexity index is 599. The van der Waals surface area contributed by atoms with Crippen LogP contribution >= 0.6 is 0 Å². The summed E-state index contributed by atoms with van der Waals surface area (Å²) in [6.07, 6.45) is 1.58. The number of nitrogens with one attached hydrogen (secondary N) is 1. The van der Waals surface area contributed by atoms with Gasteiger partial charge < -0.3 is 9.88 Å². The molecule has 82 valence electrons. The Morgan fingerprint density at radius 1 is 1.31 bits per heavy atom. The first kappa shape index (κ1) is 10.4. The minimum Gasteiger partial charge on any atom is -0.345 e. The Hall–Kier alpha value is -2.10. The van der Waals surface area contributed by atoms with Crippen LogP contribution in [-0.4, -0.2) is 29.9 Å². The molecule has 0 saturated heterocycles. The van der Waals surface area contributed by atoms with Crippen molar-refractivity contribution in [3.05, 3.63) is 46.4 Å². The molecule has 2 rings (SSSR count). The van der Waals surface area contributed by atoms with E-state index in [0.29, 0.717) is 5.56 Å². The number of rotatable bonds is 1. The topological polar surface area (TPSA) is 53.2 Å². The van der Waals surface area contributed by atoms with Gasteiger partial charge in [-0.2, -0.15) is 0 Å². The quantitative estimate of drug-likeness (QED) is 0.779. The number of nitrogens with zero attached hydrogens (tertiary/aromatic N) is 1. The van der Waals surface area contributed by atoms with Crippen LogP contribution < -0.4 is 5.56 Å². The van der Waals surface area contributed by atoms with E-state index < -0.39 is 0 Å². The van der Waals surface area contributed by atoms with Crippen molar-refractivity contribution in [1.82, 2.24) is 9.88 Å². The standard InChI is InChI=1S/C12H12N2O2/c1-14(2)12(16)9-5-3-4-8-6-11(15)13-7-10(8)9/h3-7H,1-2H3,(H,13,15). The number of H-pyrrole nitrogens is 1. The number of carbonyl (C=O) groups is 1. The number of carbonyl (C=O) groups excluding carboxylic acids is 1. The molecule has 4 nitrogen and oxygen atoms in total. The molecule has 0 aliphatic heterocycles. The van der Waals surface area contributed by atoms with Crippen molar-refractivity contribution in [2.45, 2.75) is 0 Å². The highest BCUT2D eigenvalue weighted by Gasteiger charge is 2.11. The van der Waals surface area contributed by atoms with Gasteiger partial charge in [0.1, 0.15) is 0 Å². The molecule has 0 saturated carbocycles. The van der Waals surface area contributed by atoms with Crippen molar-refractivity contribution >= 4 is 16.7 Å². The lowest BCUT2D eigenvalue weighted by molar-refractivity contribution is 0.0829. The molecule has 0 radical (unpaired) electrons. The fourth-order valence-corrected chi connectivity index (χ4v) is 1.62. The normalized spacial score (nSPS) is 10.4. The Balaban J connectivity index is 2.72. The third-order valence-corrected chi connectivity index (χ3v) is 2.42. The third-order valence-electron chi connectivity index (χ3n) is 2.42. The van der Waals surface area contributed by atoms with Gasteiger partial charge >= 0.3 is 0 Å². The van der Waals surface area contributed by atoms with Gasteiger partial charge in [-0.05, 0) is 11.5 Å². The largest absolute Gasteiger partial charge is 0.345 e. The van der Waals surface area contributed by atoms with Crippen molar-refractivity contribution < 1.29 is 4.79 Å². The second-order valence-corrected chi connectivity index (χ2v) is 3.81. The van der Waals surface area contributed by atoms with Crippen molar-refractivity contribution in [1.29, 1.82) is 0 Å². The van der Waals surface area contributed by atoms with E-state index in [1.54, 1.807) is 32.4 Å². The summed E-state index contributed by atoms with van der Waals surface area (Å²) in [7, 11) is 3.40. The zero-order valence-corrected chi connectivity index (χ0v) is 9.15. The highest BCUT2D eigenvalue weighted by molar-refractivity contribution is 6.06. The first-order valence-electron chi connectivity index (χ1n) is 4.92. The lowest BCUT2D eigenvalue weighted by Gasteiger charge is -2.11. The summed E-state index contributed by atoms with van der Waals surface area (Å²) >= 11 is 0. The Morgan fingerprint density at radius 3 is 2.75 bits per heavy atom. The summed E-state index contributed by atoms with van der Waals surface area (Å²) in [4.78, 5) is 27.1.